The highest BCUT2D eigenvalue weighted by Crippen LogP contribution is 2.29. The van der Waals surface area contributed by atoms with Crippen LogP contribution in [-0.4, -0.2) is 17.4 Å². The third-order valence-corrected chi connectivity index (χ3v) is 4.18. The fourth-order valence-corrected chi connectivity index (χ4v) is 3.01. The summed E-state index contributed by atoms with van der Waals surface area (Å²) in [5.74, 6) is -0.199. The summed E-state index contributed by atoms with van der Waals surface area (Å²) < 4.78 is 0. The number of hydrogen-bond acceptors (Lipinski definition) is 4. The highest BCUT2D eigenvalue weighted by molar-refractivity contribution is 7.13. The van der Waals surface area contributed by atoms with Crippen LogP contribution < -0.4 is 4.90 Å². The summed E-state index contributed by atoms with van der Waals surface area (Å²) in [6.45, 7) is 0.565. The zero-order valence-electron chi connectivity index (χ0n) is 11.1. The van der Waals surface area contributed by atoms with Crippen LogP contribution in [0.3, 0.4) is 0 Å². The fraction of sp³-hybridized carbons (Fsp3) is 0.133. The van der Waals surface area contributed by atoms with Gasteiger partial charge in [-0.2, -0.15) is 0 Å². The highest BCUT2D eigenvalue weighted by atomic mass is 32.1. The average Bonchev–Trinajstić information content (AvgIpc) is 2.88. The number of amides is 1. The topological polar surface area (TPSA) is 63.4 Å². The molecule has 2 aromatic rings. The molecule has 21 heavy (non-hydrogen) atoms. The van der Waals surface area contributed by atoms with Gasteiger partial charge in [0.2, 0.25) is 0 Å². The smallest absolute Gasteiger partial charge is 0.307 e. The second-order valence-corrected chi connectivity index (χ2v) is 5.53. The number of hydrogen-bond donors (Lipinski definition) is 0. The lowest BCUT2D eigenvalue weighted by molar-refractivity contribution is -0.380. The minimum Gasteiger partial charge on any atom is -0.307 e. The van der Waals surface area contributed by atoms with Crippen molar-refractivity contribution in [3.63, 3.8) is 0 Å². The standard InChI is InChI=1S/C15H12N2O3S/c18-15(12-9-14(17(19)20)21-10-12)16-8-4-3-6-11-5-1-2-7-13(11)16/h1-3,5-7,9-10H,4,8H2. The molecular formula is C15H12N2O3S. The van der Waals surface area contributed by atoms with Crippen LogP contribution in [0.25, 0.3) is 6.08 Å². The number of thiophene rings is 1. The Labute approximate surface area is 125 Å². The first kappa shape index (κ1) is 13.5. The van der Waals surface area contributed by atoms with Crippen LogP contribution in [0.2, 0.25) is 0 Å². The molecule has 1 aromatic carbocycles. The first-order valence-corrected chi connectivity index (χ1v) is 7.35. The van der Waals surface area contributed by atoms with Crippen molar-refractivity contribution in [1.82, 2.24) is 0 Å². The van der Waals surface area contributed by atoms with Crippen LogP contribution in [0.1, 0.15) is 22.3 Å². The quantitative estimate of drug-likeness (QED) is 0.627. The van der Waals surface area contributed by atoms with Crippen LogP contribution >= 0.6 is 11.3 Å². The van der Waals surface area contributed by atoms with Crippen molar-refractivity contribution >= 4 is 34.0 Å². The molecule has 1 aromatic heterocycles. The molecule has 0 bridgehead atoms. The largest absolute Gasteiger partial charge is 0.324 e. The monoisotopic (exact) mass is 300 g/mol. The fourth-order valence-electron chi connectivity index (χ4n) is 2.31. The van der Waals surface area contributed by atoms with Gasteiger partial charge in [0.15, 0.2) is 0 Å². The predicted octanol–water partition coefficient (Wildman–Crippen LogP) is 3.72. The van der Waals surface area contributed by atoms with Crippen molar-refractivity contribution in [2.24, 2.45) is 0 Å². The third-order valence-electron chi connectivity index (χ3n) is 3.30. The molecule has 0 saturated carbocycles. The lowest BCUT2D eigenvalue weighted by Gasteiger charge is -2.22. The van der Waals surface area contributed by atoms with Gasteiger partial charge in [0.25, 0.3) is 5.91 Å². The zero-order chi connectivity index (χ0) is 14.8. The maximum absolute atomic E-state index is 12.6. The number of anilines is 1. The van der Waals surface area contributed by atoms with E-state index in [4.69, 9.17) is 0 Å². The Morgan fingerprint density at radius 2 is 2.14 bits per heavy atom. The summed E-state index contributed by atoms with van der Waals surface area (Å²) in [6, 6.07) is 8.99. The molecule has 1 aliphatic heterocycles. The molecule has 1 aliphatic rings. The van der Waals surface area contributed by atoms with Gasteiger partial charge in [-0.3, -0.25) is 14.9 Å². The van der Waals surface area contributed by atoms with Gasteiger partial charge in [-0.1, -0.05) is 41.7 Å². The molecule has 5 nitrogen and oxygen atoms in total. The summed E-state index contributed by atoms with van der Waals surface area (Å²) >= 11 is 0.974. The van der Waals surface area contributed by atoms with Gasteiger partial charge in [-0.05, 0) is 18.1 Å². The number of para-hydroxylation sites is 1. The normalized spacial score (nSPS) is 13.6. The molecule has 106 valence electrons. The minimum absolute atomic E-state index is 0.0143. The number of nitro groups is 1. The van der Waals surface area contributed by atoms with Gasteiger partial charge in [0.05, 0.1) is 16.2 Å². The number of fused-ring (bicyclic) bond motifs is 1. The lowest BCUT2D eigenvalue weighted by Crippen LogP contribution is -2.31. The van der Waals surface area contributed by atoms with Gasteiger partial charge in [-0.15, -0.1) is 0 Å². The molecule has 0 radical (unpaired) electrons. The average molecular weight is 300 g/mol. The van der Waals surface area contributed by atoms with Crippen molar-refractivity contribution < 1.29 is 9.72 Å². The van der Waals surface area contributed by atoms with Crippen LogP contribution in [-0.2, 0) is 0 Å². The summed E-state index contributed by atoms with van der Waals surface area (Å²) in [5, 5.41) is 12.3. The molecule has 1 amide bonds. The third kappa shape index (κ3) is 2.57. The molecule has 0 atom stereocenters. The molecular weight excluding hydrogens is 288 g/mol. The zero-order valence-corrected chi connectivity index (χ0v) is 11.9. The highest BCUT2D eigenvalue weighted by Gasteiger charge is 2.23. The van der Waals surface area contributed by atoms with E-state index < -0.39 is 4.92 Å². The summed E-state index contributed by atoms with van der Waals surface area (Å²) in [6.07, 6.45) is 4.79. The Kier molecular flexibility index (Phi) is 3.53. The molecule has 2 heterocycles. The number of benzene rings is 1. The predicted molar refractivity (Wildman–Crippen MR) is 82.7 cm³/mol. The molecule has 0 N–H and O–H groups in total. The van der Waals surface area contributed by atoms with Gasteiger partial charge < -0.3 is 4.90 Å². The first-order valence-electron chi connectivity index (χ1n) is 6.47. The lowest BCUT2D eigenvalue weighted by atomic mass is 10.1. The van der Waals surface area contributed by atoms with E-state index in [1.165, 1.54) is 6.07 Å². The van der Waals surface area contributed by atoms with Crippen molar-refractivity contribution in [2.45, 2.75) is 6.42 Å². The Morgan fingerprint density at radius 1 is 1.33 bits per heavy atom. The van der Waals surface area contributed by atoms with Crippen molar-refractivity contribution in [1.29, 1.82) is 0 Å². The Bertz CT molecular complexity index is 736. The van der Waals surface area contributed by atoms with Crippen LogP contribution in [0.5, 0.6) is 0 Å². The molecule has 6 heteroatoms. The number of nitrogens with zero attached hydrogens (tertiary/aromatic N) is 2. The van der Waals surface area contributed by atoms with Gasteiger partial charge in [-0.25, -0.2) is 0 Å². The van der Waals surface area contributed by atoms with Crippen LogP contribution in [0, 0.1) is 10.1 Å². The van der Waals surface area contributed by atoms with Crippen molar-refractivity contribution in [3.05, 3.63) is 63.0 Å². The van der Waals surface area contributed by atoms with E-state index in [0.717, 1.165) is 29.0 Å². The van der Waals surface area contributed by atoms with Crippen molar-refractivity contribution in [2.75, 3.05) is 11.4 Å². The molecule has 0 aliphatic carbocycles. The molecule has 0 fully saturated rings. The van der Waals surface area contributed by atoms with Gasteiger partial charge in [0.1, 0.15) is 0 Å². The van der Waals surface area contributed by atoms with E-state index >= 15 is 0 Å². The Morgan fingerprint density at radius 3 is 2.90 bits per heavy atom. The second kappa shape index (κ2) is 5.49. The van der Waals surface area contributed by atoms with E-state index in [-0.39, 0.29) is 10.9 Å². The first-order chi connectivity index (χ1) is 10.2. The van der Waals surface area contributed by atoms with Crippen molar-refractivity contribution in [3.8, 4) is 0 Å². The van der Waals surface area contributed by atoms with E-state index in [2.05, 4.69) is 0 Å². The SMILES string of the molecule is O=C(c1csc([N+](=O)[O-])c1)N1CCC=Cc2ccccc21. The Hall–Kier alpha value is -2.47. The van der Waals surface area contributed by atoms with E-state index in [9.17, 15) is 14.9 Å². The number of rotatable bonds is 2. The minimum atomic E-state index is -0.473. The van der Waals surface area contributed by atoms with E-state index in [0.29, 0.717) is 12.1 Å². The summed E-state index contributed by atoms with van der Waals surface area (Å²) in [4.78, 5) is 24.6. The van der Waals surface area contributed by atoms with E-state index in [1.807, 2.05) is 36.4 Å². The molecule has 3 rings (SSSR count). The van der Waals surface area contributed by atoms with Crippen LogP contribution in [0.4, 0.5) is 10.7 Å². The molecule has 0 unspecified atom stereocenters. The summed E-state index contributed by atoms with van der Waals surface area (Å²) in [7, 11) is 0. The maximum Gasteiger partial charge on any atom is 0.324 e. The molecule has 0 spiro atoms. The maximum atomic E-state index is 12.6. The Balaban J connectivity index is 1.96. The summed E-state index contributed by atoms with van der Waals surface area (Å²) in [5.41, 5.74) is 2.18. The second-order valence-electron chi connectivity index (χ2n) is 4.64. The molecule has 0 saturated heterocycles. The van der Waals surface area contributed by atoms with Crippen LogP contribution in [0.15, 0.2) is 41.8 Å². The number of carbonyl (C=O) groups is 1. The van der Waals surface area contributed by atoms with Gasteiger partial charge in [0, 0.05) is 18.0 Å². The van der Waals surface area contributed by atoms with Gasteiger partial charge >= 0.3 is 5.00 Å². The number of carbonyl (C=O) groups excluding carboxylic acids is 1. The van der Waals surface area contributed by atoms with E-state index in [1.54, 1.807) is 10.3 Å².